The molecule has 0 saturated heterocycles. The Hall–Kier alpha value is -1.55. The van der Waals surface area contributed by atoms with Gasteiger partial charge in [0.25, 0.3) is 0 Å². The summed E-state index contributed by atoms with van der Waals surface area (Å²) in [6.07, 6.45) is 1.28. The van der Waals surface area contributed by atoms with Crippen LogP contribution in [0.2, 0.25) is 0 Å². The van der Waals surface area contributed by atoms with Gasteiger partial charge in [-0.05, 0) is 43.8 Å². The molecule has 19 heavy (non-hydrogen) atoms. The number of amides is 1. The molecule has 1 aromatic carbocycles. The summed E-state index contributed by atoms with van der Waals surface area (Å²) >= 11 is 0. The van der Waals surface area contributed by atoms with Gasteiger partial charge in [-0.1, -0.05) is 26.0 Å². The summed E-state index contributed by atoms with van der Waals surface area (Å²) in [5.41, 5.74) is 0.834. The van der Waals surface area contributed by atoms with Gasteiger partial charge in [0.2, 0.25) is 5.91 Å². The second-order valence-electron chi connectivity index (χ2n) is 4.58. The van der Waals surface area contributed by atoms with Crippen molar-refractivity contribution in [2.24, 2.45) is 0 Å². The minimum absolute atomic E-state index is 0.00477. The molecule has 106 valence electrons. The summed E-state index contributed by atoms with van der Waals surface area (Å²) < 4.78 is 0. The van der Waals surface area contributed by atoms with E-state index in [1.165, 1.54) is 0 Å². The molecule has 0 spiro atoms. The van der Waals surface area contributed by atoms with Crippen LogP contribution >= 0.6 is 0 Å². The molecule has 1 aromatic rings. The minimum atomic E-state index is 0.00477. The Morgan fingerprint density at radius 1 is 1.32 bits per heavy atom. The van der Waals surface area contributed by atoms with Crippen LogP contribution in [0.3, 0.4) is 0 Å². The first-order valence-corrected chi connectivity index (χ1v) is 6.92. The van der Waals surface area contributed by atoms with Crippen LogP contribution in [-0.4, -0.2) is 42.1 Å². The van der Waals surface area contributed by atoms with Gasteiger partial charge in [-0.25, -0.2) is 0 Å². The van der Waals surface area contributed by atoms with Gasteiger partial charge in [0.05, 0.1) is 6.42 Å². The Morgan fingerprint density at radius 2 is 2.05 bits per heavy atom. The molecule has 1 rings (SSSR count). The van der Waals surface area contributed by atoms with Crippen molar-refractivity contribution in [3.8, 4) is 5.75 Å². The first-order chi connectivity index (χ1) is 9.15. The van der Waals surface area contributed by atoms with Gasteiger partial charge in [-0.15, -0.1) is 0 Å². The lowest BCUT2D eigenvalue weighted by atomic mass is 10.1. The maximum Gasteiger partial charge on any atom is 0.224 e. The number of phenols is 1. The van der Waals surface area contributed by atoms with E-state index in [0.29, 0.717) is 13.0 Å². The molecule has 4 heteroatoms. The van der Waals surface area contributed by atoms with Crippen molar-refractivity contribution in [2.45, 2.75) is 26.7 Å². The van der Waals surface area contributed by atoms with Crippen LogP contribution in [-0.2, 0) is 11.2 Å². The number of nitrogens with one attached hydrogen (secondary N) is 1. The number of nitrogens with zero attached hydrogens (tertiary/aromatic N) is 1. The number of hydrogen-bond donors (Lipinski definition) is 2. The SMILES string of the molecule is CCN(CC)CCCNC(=O)Cc1cccc(O)c1. The Labute approximate surface area is 115 Å². The molecule has 0 radical (unpaired) electrons. The second kappa shape index (κ2) is 8.53. The molecule has 0 heterocycles. The van der Waals surface area contributed by atoms with Crippen molar-refractivity contribution in [3.05, 3.63) is 29.8 Å². The van der Waals surface area contributed by atoms with E-state index < -0.39 is 0 Å². The van der Waals surface area contributed by atoms with E-state index in [4.69, 9.17) is 0 Å². The number of phenolic OH excluding ortho intramolecular Hbond substituents is 1. The Kier molecular flexibility index (Phi) is 6.97. The number of aromatic hydroxyl groups is 1. The van der Waals surface area contributed by atoms with Gasteiger partial charge >= 0.3 is 0 Å². The van der Waals surface area contributed by atoms with Gasteiger partial charge in [0.15, 0.2) is 0 Å². The van der Waals surface area contributed by atoms with Gasteiger partial charge in [-0.3, -0.25) is 4.79 Å². The lowest BCUT2D eigenvalue weighted by Gasteiger charge is -2.17. The fraction of sp³-hybridized carbons (Fsp3) is 0.533. The maximum absolute atomic E-state index is 11.7. The van der Waals surface area contributed by atoms with E-state index in [2.05, 4.69) is 24.1 Å². The van der Waals surface area contributed by atoms with Gasteiger partial charge < -0.3 is 15.3 Å². The molecular formula is C15H24N2O2. The average molecular weight is 264 g/mol. The number of benzene rings is 1. The van der Waals surface area contributed by atoms with E-state index in [9.17, 15) is 9.90 Å². The van der Waals surface area contributed by atoms with Crippen molar-refractivity contribution in [2.75, 3.05) is 26.2 Å². The number of hydrogen-bond acceptors (Lipinski definition) is 3. The highest BCUT2D eigenvalue weighted by Crippen LogP contribution is 2.11. The van der Waals surface area contributed by atoms with Crippen LogP contribution in [0.15, 0.2) is 24.3 Å². The monoisotopic (exact) mass is 264 g/mol. The van der Waals surface area contributed by atoms with Gasteiger partial charge in [-0.2, -0.15) is 0 Å². The van der Waals surface area contributed by atoms with E-state index >= 15 is 0 Å². The zero-order chi connectivity index (χ0) is 14.1. The highest BCUT2D eigenvalue weighted by molar-refractivity contribution is 5.78. The van der Waals surface area contributed by atoms with Crippen molar-refractivity contribution in [1.82, 2.24) is 10.2 Å². The molecule has 0 aliphatic heterocycles. The number of rotatable bonds is 8. The smallest absolute Gasteiger partial charge is 0.224 e. The molecule has 0 fully saturated rings. The second-order valence-corrected chi connectivity index (χ2v) is 4.58. The Morgan fingerprint density at radius 3 is 2.68 bits per heavy atom. The van der Waals surface area contributed by atoms with Crippen LogP contribution < -0.4 is 5.32 Å². The standard InChI is InChI=1S/C15H24N2O2/c1-3-17(4-2)10-6-9-16-15(19)12-13-7-5-8-14(18)11-13/h5,7-8,11,18H,3-4,6,9-10,12H2,1-2H3,(H,16,19). The molecule has 1 amide bonds. The number of carbonyl (C=O) groups is 1. The predicted molar refractivity (Wildman–Crippen MR) is 77.2 cm³/mol. The van der Waals surface area contributed by atoms with E-state index in [1.54, 1.807) is 18.2 Å². The maximum atomic E-state index is 11.7. The third-order valence-corrected chi connectivity index (χ3v) is 3.14. The molecule has 0 aliphatic rings. The fourth-order valence-corrected chi connectivity index (χ4v) is 1.98. The first kappa shape index (κ1) is 15.5. The first-order valence-electron chi connectivity index (χ1n) is 6.92. The van der Waals surface area contributed by atoms with Crippen LogP contribution in [0, 0.1) is 0 Å². The quantitative estimate of drug-likeness (QED) is 0.704. The van der Waals surface area contributed by atoms with E-state index in [-0.39, 0.29) is 11.7 Å². The molecule has 2 N–H and O–H groups in total. The minimum Gasteiger partial charge on any atom is -0.508 e. The van der Waals surface area contributed by atoms with Crippen molar-refractivity contribution in [3.63, 3.8) is 0 Å². The van der Waals surface area contributed by atoms with Crippen LogP contribution in [0.25, 0.3) is 0 Å². The van der Waals surface area contributed by atoms with Crippen LogP contribution in [0.5, 0.6) is 5.75 Å². The van der Waals surface area contributed by atoms with Crippen molar-refractivity contribution >= 4 is 5.91 Å². The molecule has 4 nitrogen and oxygen atoms in total. The Bertz CT molecular complexity index is 389. The van der Waals surface area contributed by atoms with E-state index in [1.807, 2.05) is 6.07 Å². The third kappa shape index (κ3) is 6.25. The molecule has 0 aliphatic carbocycles. The van der Waals surface area contributed by atoms with Crippen LogP contribution in [0.4, 0.5) is 0 Å². The molecule has 0 bridgehead atoms. The highest BCUT2D eigenvalue weighted by atomic mass is 16.3. The lowest BCUT2D eigenvalue weighted by molar-refractivity contribution is -0.120. The molecule has 0 unspecified atom stereocenters. The zero-order valence-corrected chi connectivity index (χ0v) is 11.9. The topological polar surface area (TPSA) is 52.6 Å². The highest BCUT2D eigenvalue weighted by Gasteiger charge is 2.04. The summed E-state index contributed by atoms with van der Waals surface area (Å²) in [6, 6.07) is 6.81. The molecule has 0 saturated carbocycles. The van der Waals surface area contributed by atoms with Crippen molar-refractivity contribution < 1.29 is 9.90 Å². The molecular weight excluding hydrogens is 240 g/mol. The predicted octanol–water partition coefficient (Wildman–Crippen LogP) is 1.78. The van der Waals surface area contributed by atoms with Gasteiger partial charge in [0.1, 0.15) is 5.75 Å². The summed E-state index contributed by atoms with van der Waals surface area (Å²) in [4.78, 5) is 14.0. The van der Waals surface area contributed by atoms with Gasteiger partial charge in [0, 0.05) is 6.54 Å². The summed E-state index contributed by atoms with van der Waals surface area (Å²) in [5, 5.41) is 12.2. The normalized spacial score (nSPS) is 10.7. The zero-order valence-electron chi connectivity index (χ0n) is 11.9. The lowest BCUT2D eigenvalue weighted by Crippen LogP contribution is -2.30. The van der Waals surface area contributed by atoms with Crippen LogP contribution in [0.1, 0.15) is 25.8 Å². The largest absolute Gasteiger partial charge is 0.508 e. The molecule has 0 aromatic heterocycles. The number of carbonyl (C=O) groups excluding carboxylic acids is 1. The summed E-state index contributed by atoms with van der Waals surface area (Å²) in [6.45, 7) is 8.10. The average Bonchev–Trinajstić information content (AvgIpc) is 2.39. The summed E-state index contributed by atoms with van der Waals surface area (Å²) in [5.74, 6) is 0.206. The summed E-state index contributed by atoms with van der Waals surface area (Å²) in [7, 11) is 0. The fourth-order valence-electron chi connectivity index (χ4n) is 1.98. The van der Waals surface area contributed by atoms with E-state index in [0.717, 1.165) is 31.6 Å². The molecule has 0 atom stereocenters. The van der Waals surface area contributed by atoms with Crippen molar-refractivity contribution in [1.29, 1.82) is 0 Å². The Balaban J connectivity index is 2.21. The third-order valence-electron chi connectivity index (χ3n) is 3.14.